The number of amides is 1. The third kappa shape index (κ3) is 2.15. The highest BCUT2D eigenvalue weighted by Gasteiger charge is 2.57. The molecule has 3 nitrogen and oxygen atoms in total. The van der Waals surface area contributed by atoms with Crippen molar-refractivity contribution < 1.29 is 18.4 Å². The van der Waals surface area contributed by atoms with E-state index < -0.39 is 23.9 Å². The lowest BCUT2D eigenvalue weighted by Crippen LogP contribution is -2.27. The van der Waals surface area contributed by atoms with E-state index >= 15 is 0 Å². The van der Waals surface area contributed by atoms with Crippen molar-refractivity contribution in [2.24, 2.45) is 5.92 Å². The van der Waals surface area contributed by atoms with Crippen molar-refractivity contribution in [3.63, 3.8) is 0 Å². The van der Waals surface area contributed by atoms with Crippen LogP contribution in [0.4, 0.5) is 8.78 Å². The molecule has 1 amide bonds. The first-order valence-corrected chi connectivity index (χ1v) is 5.27. The third-order valence-electron chi connectivity index (χ3n) is 3.06. The Hall–Kier alpha value is -1.49. The van der Waals surface area contributed by atoms with Gasteiger partial charge in [0.2, 0.25) is 0 Å². The highest BCUT2D eigenvalue weighted by atomic mass is 19.1. The van der Waals surface area contributed by atoms with Crippen molar-refractivity contribution in [1.82, 2.24) is 5.06 Å². The molecule has 0 N–H and O–H groups in total. The topological polar surface area (TPSA) is 29.5 Å². The molecule has 1 aromatic rings. The number of halogens is 2. The Morgan fingerprint density at radius 1 is 1.35 bits per heavy atom. The van der Waals surface area contributed by atoms with E-state index in [1.807, 2.05) is 0 Å². The number of nitrogens with zero attached hydrogens (tertiary/aromatic N) is 1. The van der Waals surface area contributed by atoms with Crippen LogP contribution in [0, 0.1) is 11.7 Å². The summed E-state index contributed by atoms with van der Waals surface area (Å²) in [6, 6.07) is 5.54. The Balaban J connectivity index is 2.10. The van der Waals surface area contributed by atoms with Crippen molar-refractivity contribution in [2.75, 3.05) is 14.2 Å². The summed E-state index contributed by atoms with van der Waals surface area (Å²) in [5.74, 6) is -1.97. The molecule has 0 radical (unpaired) electrons. The van der Waals surface area contributed by atoms with Crippen LogP contribution in [0.15, 0.2) is 24.3 Å². The van der Waals surface area contributed by atoms with Gasteiger partial charge in [-0.05, 0) is 17.7 Å². The number of carbonyl (C=O) groups excluding carboxylic acids is 1. The Labute approximate surface area is 97.9 Å². The molecule has 0 aliphatic heterocycles. The predicted octanol–water partition coefficient (Wildman–Crippen LogP) is 1.90. The van der Waals surface area contributed by atoms with Gasteiger partial charge >= 0.3 is 0 Å². The molecule has 3 atom stereocenters. The van der Waals surface area contributed by atoms with Crippen LogP contribution in [0.25, 0.3) is 0 Å². The summed E-state index contributed by atoms with van der Waals surface area (Å²) in [5.41, 5.74) is 0.641. The molecule has 0 aromatic heterocycles. The van der Waals surface area contributed by atoms with E-state index in [1.165, 1.54) is 38.4 Å². The number of alkyl halides is 1. The highest BCUT2D eigenvalue weighted by Crippen LogP contribution is 2.51. The SMILES string of the molecule is CON(C)C(=O)C1C(F)C1c1ccc(F)cc1. The van der Waals surface area contributed by atoms with Gasteiger partial charge in [0.1, 0.15) is 12.0 Å². The number of benzene rings is 1. The smallest absolute Gasteiger partial charge is 0.252 e. The van der Waals surface area contributed by atoms with E-state index in [-0.39, 0.29) is 5.82 Å². The molecule has 0 heterocycles. The van der Waals surface area contributed by atoms with Gasteiger partial charge in [0.15, 0.2) is 0 Å². The largest absolute Gasteiger partial charge is 0.275 e. The minimum Gasteiger partial charge on any atom is -0.275 e. The number of hydroxylamine groups is 2. The maximum Gasteiger partial charge on any atom is 0.252 e. The van der Waals surface area contributed by atoms with Gasteiger partial charge in [-0.15, -0.1) is 0 Å². The normalized spacial score (nSPS) is 26.7. The average molecular weight is 241 g/mol. The second-order valence-electron chi connectivity index (χ2n) is 4.07. The van der Waals surface area contributed by atoms with Crippen LogP contribution in [-0.4, -0.2) is 31.3 Å². The van der Waals surface area contributed by atoms with Crippen LogP contribution in [0.5, 0.6) is 0 Å². The van der Waals surface area contributed by atoms with Gasteiger partial charge in [0, 0.05) is 13.0 Å². The fourth-order valence-electron chi connectivity index (χ4n) is 1.94. The average Bonchev–Trinajstić information content (AvgIpc) is 3.00. The van der Waals surface area contributed by atoms with Crippen molar-refractivity contribution >= 4 is 5.91 Å². The molecule has 1 saturated carbocycles. The van der Waals surface area contributed by atoms with Gasteiger partial charge in [0.05, 0.1) is 13.0 Å². The summed E-state index contributed by atoms with van der Waals surface area (Å²) in [6.07, 6.45) is -1.22. The lowest BCUT2D eigenvalue weighted by molar-refractivity contribution is -0.170. The molecule has 1 aromatic carbocycles. The molecule has 92 valence electrons. The van der Waals surface area contributed by atoms with E-state index in [0.29, 0.717) is 5.56 Å². The number of hydrogen-bond donors (Lipinski definition) is 0. The molecule has 5 heteroatoms. The van der Waals surface area contributed by atoms with Gasteiger partial charge in [-0.25, -0.2) is 13.8 Å². The van der Waals surface area contributed by atoms with Gasteiger partial charge in [-0.1, -0.05) is 12.1 Å². The molecule has 1 fully saturated rings. The summed E-state index contributed by atoms with van der Waals surface area (Å²) in [5, 5.41) is 1.01. The Bertz CT molecular complexity index is 421. The number of carbonyl (C=O) groups is 1. The fourth-order valence-corrected chi connectivity index (χ4v) is 1.94. The molecule has 0 spiro atoms. The number of rotatable bonds is 3. The molecule has 17 heavy (non-hydrogen) atoms. The van der Waals surface area contributed by atoms with Crippen LogP contribution >= 0.6 is 0 Å². The van der Waals surface area contributed by atoms with E-state index in [1.54, 1.807) is 0 Å². The van der Waals surface area contributed by atoms with Gasteiger partial charge in [-0.3, -0.25) is 9.63 Å². The molecular weight excluding hydrogens is 228 g/mol. The summed E-state index contributed by atoms with van der Waals surface area (Å²) < 4.78 is 26.3. The maximum atomic E-state index is 13.6. The standard InChI is InChI=1S/C12H13F2NO2/c1-15(17-2)12(16)10-9(11(10)14)7-3-5-8(13)6-4-7/h3-6,9-11H,1-2H3. The summed E-state index contributed by atoms with van der Waals surface area (Å²) >= 11 is 0. The Morgan fingerprint density at radius 2 is 1.94 bits per heavy atom. The van der Waals surface area contributed by atoms with Crippen LogP contribution in [-0.2, 0) is 9.63 Å². The van der Waals surface area contributed by atoms with E-state index in [9.17, 15) is 13.6 Å². The Morgan fingerprint density at radius 3 is 2.47 bits per heavy atom. The van der Waals surface area contributed by atoms with Crippen LogP contribution in [0.3, 0.4) is 0 Å². The predicted molar refractivity (Wildman–Crippen MR) is 57.3 cm³/mol. The van der Waals surface area contributed by atoms with E-state index in [4.69, 9.17) is 4.84 Å². The minimum absolute atomic E-state index is 0.373. The second kappa shape index (κ2) is 4.41. The molecule has 1 aliphatic carbocycles. The zero-order chi connectivity index (χ0) is 12.6. The molecular formula is C12H13F2NO2. The van der Waals surface area contributed by atoms with Gasteiger partial charge in [-0.2, -0.15) is 0 Å². The summed E-state index contributed by atoms with van der Waals surface area (Å²) in [7, 11) is 2.79. The van der Waals surface area contributed by atoms with Crippen molar-refractivity contribution in [3.8, 4) is 0 Å². The molecule has 3 unspecified atom stereocenters. The highest BCUT2D eigenvalue weighted by molar-refractivity contribution is 5.83. The minimum atomic E-state index is -1.22. The van der Waals surface area contributed by atoms with Crippen LogP contribution < -0.4 is 0 Å². The number of hydrogen-bond acceptors (Lipinski definition) is 2. The second-order valence-corrected chi connectivity index (χ2v) is 4.07. The lowest BCUT2D eigenvalue weighted by atomic mass is 10.1. The first-order valence-electron chi connectivity index (χ1n) is 5.27. The summed E-state index contributed by atoms with van der Waals surface area (Å²) in [4.78, 5) is 16.4. The van der Waals surface area contributed by atoms with Crippen LogP contribution in [0.1, 0.15) is 11.5 Å². The Kier molecular flexibility index (Phi) is 3.11. The zero-order valence-electron chi connectivity index (χ0n) is 9.56. The molecule has 2 rings (SSSR count). The fraction of sp³-hybridized carbons (Fsp3) is 0.417. The molecule has 1 aliphatic rings. The van der Waals surface area contributed by atoms with Crippen molar-refractivity contribution in [2.45, 2.75) is 12.1 Å². The van der Waals surface area contributed by atoms with Gasteiger partial charge in [0.25, 0.3) is 5.91 Å². The molecule has 0 bridgehead atoms. The quantitative estimate of drug-likeness (QED) is 0.756. The third-order valence-corrected chi connectivity index (χ3v) is 3.06. The van der Waals surface area contributed by atoms with Crippen LogP contribution in [0.2, 0.25) is 0 Å². The monoisotopic (exact) mass is 241 g/mol. The van der Waals surface area contributed by atoms with E-state index in [0.717, 1.165) is 5.06 Å². The lowest BCUT2D eigenvalue weighted by Gasteiger charge is -2.12. The molecule has 0 saturated heterocycles. The summed E-state index contributed by atoms with van der Waals surface area (Å²) in [6.45, 7) is 0. The van der Waals surface area contributed by atoms with Gasteiger partial charge < -0.3 is 0 Å². The van der Waals surface area contributed by atoms with Crippen molar-refractivity contribution in [1.29, 1.82) is 0 Å². The first kappa shape index (κ1) is 12.0. The van der Waals surface area contributed by atoms with Crippen molar-refractivity contribution in [3.05, 3.63) is 35.6 Å². The maximum absolute atomic E-state index is 13.6. The van der Waals surface area contributed by atoms with E-state index in [2.05, 4.69) is 0 Å². The zero-order valence-corrected chi connectivity index (χ0v) is 9.56. The first-order chi connectivity index (χ1) is 8.06.